The monoisotopic (exact) mass is 255 g/mol. The molecule has 0 atom stereocenters. The third-order valence-corrected chi connectivity index (χ3v) is 3.12. The Bertz CT molecular complexity index is 664. The van der Waals surface area contributed by atoms with Gasteiger partial charge in [-0.2, -0.15) is 0 Å². The molecule has 1 aliphatic rings. The predicted octanol–water partition coefficient (Wildman–Crippen LogP) is 3.63. The fraction of sp³-hybridized carbons (Fsp3) is 0.133. The van der Waals surface area contributed by atoms with Gasteiger partial charge in [-0.3, -0.25) is 0 Å². The quantitative estimate of drug-likeness (QED) is 0.674. The third kappa shape index (κ3) is 1.91. The van der Waals surface area contributed by atoms with Crippen LogP contribution in [0.25, 0.3) is 0 Å². The highest BCUT2D eigenvalue weighted by Crippen LogP contribution is 2.43. The van der Waals surface area contributed by atoms with E-state index in [4.69, 9.17) is 9.47 Å². The highest BCUT2D eigenvalue weighted by molar-refractivity contribution is 5.91. The molecule has 1 aliphatic heterocycles. The lowest BCUT2D eigenvalue weighted by molar-refractivity contribution is 0.0600. The molecule has 0 aromatic heterocycles. The minimum atomic E-state index is -0.374. The number of hydrogen-bond donors (Lipinski definition) is 1. The molecule has 0 bridgehead atoms. The third-order valence-electron chi connectivity index (χ3n) is 3.12. The lowest BCUT2D eigenvalue weighted by Crippen LogP contribution is -2.07. The minimum Gasteiger partial charge on any atom is -0.465 e. The van der Waals surface area contributed by atoms with Gasteiger partial charge in [-0.1, -0.05) is 12.1 Å². The lowest BCUT2D eigenvalue weighted by Gasteiger charge is -2.23. The molecule has 0 fully saturated rings. The molecule has 2 aromatic carbocycles. The summed E-state index contributed by atoms with van der Waals surface area (Å²) in [5.41, 5.74) is 3.38. The molecule has 4 heteroatoms. The van der Waals surface area contributed by atoms with Crippen molar-refractivity contribution in [2.75, 3.05) is 12.4 Å². The van der Waals surface area contributed by atoms with Crippen LogP contribution in [0.2, 0.25) is 0 Å². The molecule has 96 valence electrons. The Labute approximate surface area is 111 Å². The van der Waals surface area contributed by atoms with Gasteiger partial charge in [0, 0.05) is 0 Å². The van der Waals surface area contributed by atoms with Crippen LogP contribution in [0.3, 0.4) is 0 Å². The number of para-hydroxylation sites is 1. The van der Waals surface area contributed by atoms with Gasteiger partial charge in [0.05, 0.1) is 24.0 Å². The van der Waals surface area contributed by atoms with Crippen molar-refractivity contribution in [2.45, 2.75) is 6.92 Å². The molecular formula is C15H13NO3. The molecule has 0 saturated carbocycles. The second kappa shape index (κ2) is 4.31. The number of hydrogen-bond acceptors (Lipinski definition) is 4. The maximum atomic E-state index is 11.5. The number of anilines is 2. The maximum Gasteiger partial charge on any atom is 0.337 e. The molecule has 2 aromatic rings. The molecule has 1 heterocycles. The zero-order valence-corrected chi connectivity index (χ0v) is 10.7. The SMILES string of the molecule is COC(=O)c1ccc2c(c1)Oc1cccc(C)c1N2. The topological polar surface area (TPSA) is 47.6 Å². The Morgan fingerprint density at radius 1 is 1.21 bits per heavy atom. The number of fused-ring (bicyclic) bond motifs is 2. The number of benzene rings is 2. The second-order valence-corrected chi connectivity index (χ2v) is 4.38. The van der Waals surface area contributed by atoms with Gasteiger partial charge in [0.25, 0.3) is 0 Å². The van der Waals surface area contributed by atoms with E-state index in [1.54, 1.807) is 12.1 Å². The fourth-order valence-electron chi connectivity index (χ4n) is 2.09. The van der Waals surface area contributed by atoms with Gasteiger partial charge < -0.3 is 14.8 Å². The maximum absolute atomic E-state index is 11.5. The van der Waals surface area contributed by atoms with Crippen LogP contribution in [0.5, 0.6) is 11.5 Å². The van der Waals surface area contributed by atoms with E-state index in [-0.39, 0.29) is 5.97 Å². The van der Waals surface area contributed by atoms with Crippen molar-refractivity contribution in [3.05, 3.63) is 47.5 Å². The van der Waals surface area contributed by atoms with Crippen LogP contribution < -0.4 is 10.1 Å². The first-order valence-electron chi connectivity index (χ1n) is 5.96. The molecule has 0 unspecified atom stereocenters. The number of carbonyl (C=O) groups is 1. The summed E-state index contributed by atoms with van der Waals surface area (Å²) in [7, 11) is 1.36. The second-order valence-electron chi connectivity index (χ2n) is 4.38. The smallest absolute Gasteiger partial charge is 0.337 e. The van der Waals surface area contributed by atoms with Gasteiger partial charge in [-0.05, 0) is 36.8 Å². The van der Waals surface area contributed by atoms with E-state index in [1.807, 2.05) is 31.2 Å². The number of carbonyl (C=O) groups excluding carboxylic acids is 1. The molecule has 0 aliphatic carbocycles. The standard InChI is InChI=1S/C15H13NO3/c1-9-4-3-5-12-14(9)16-11-7-6-10(15(17)18-2)8-13(11)19-12/h3-8,16H,1-2H3. The minimum absolute atomic E-state index is 0.374. The number of ether oxygens (including phenoxy) is 2. The number of nitrogens with one attached hydrogen (secondary N) is 1. The van der Waals surface area contributed by atoms with Gasteiger partial charge >= 0.3 is 5.97 Å². The molecule has 4 nitrogen and oxygen atoms in total. The van der Waals surface area contributed by atoms with Crippen LogP contribution in [-0.4, -0.2) is 13.1 Å². The van der Waals surface area contributed by atoms with Crippen LogP contribution in [0.1, 0.15) is 15.9 Å². The number of esters is 1. The van der Waals surface area contributed by atoms with Gasteiger partial charge in [-0.15, -0.1) is 0 Å². The zero-order valence-electron chi connectivity index (χ0n) is 10.7. The highest BCUT2D eigenvalue weighted by Gasteiger charge is 2.19. The summed E-state index contributed by atoms with van der Waals surface area (Å²) in [6, 6.07) is 11.1. The number of methoxy groups -OCH3 is 1. The fourth-order valence-corrected chi connectivity index (χ4v) is 2.09. The number of rotatable bonds is 1. The van der Waals surface area contributed by atoms with Crippen molar-refractivity contribution in [3.63, 3.8) is 0 Å². The molecule has 3 rings (SSSR count). The van der Waals surface area contributed by atoms with E-state index >= 15 is 0 Å². The summed E-state index contributed by atoms with van der Waals surface area (Å²) >= 11 is 0. The Morgan fingerprint density at radius 3 is 2.84 bits per heavy atom. The van der Waals surface area contributed by atoms with Crippen molar-refractivity contribution in [3.8, 4) is 11.5 Å². The van der Waals surface area contributed by atoms with Crippen LogP contribution in [0.4, 0.5) is 11.4 Å². The Kier molecular flexibility index (Phi) is 2.63. The summed E-state index contributed by atoms with van der Waals surface area (Å²) in [5.74, 6) is 1.01. The normalized spacial score (nSPS) is 11.7. The first-order valence-corrected chi connectivity index (χ1v) is 5.96. The van der Waals surface area contributed by atoms with Gasteiger partial charge in [0.2, 0.25) is 0 Å². The average Bonchev–Trinajstić information content (AvgIpc) is 2.44. The first-order chi connectivity index (χ1) is 9.19. The molecule has 0 spiro atoms. The van der Waals surface area contributed by atoms with Crippen LogP contribution >= 0.6 is 0 Å². The highest BCUT2D eigenvalue weighted by atomic mass is 16.5. The van der Waals surface area contributed by atoms with E-state index in [0.29, 0.717) is 11.3 Å². The van der Waals surface area contributed by atoms with Gasteiger partial charge in [-0.25, -0.2) is 4.79 Å². The van der Waals surface area contributed by atoms with Gasteiger partial charge in [0.15, 0.2) is 11.5 Å². The molecule has 1 N–H and O–H groups in total. The summed E-state index contributed by atoms with van der Waals surface area (Å²) < 4.78 is 10.5. The van der Waals surface area contributed by atoms with E-state index < -0.39 is 0 Å². The first kappa shape index (κ1) is 11.6. The van der Waals surface area contributed by atoms with E-state index in [9.17, 15) is 4.79 Å². The molecule has 0 saturated heterocycles. The largest absolute Gasteiger partial charge is 0.465 e. The van der Waals surface area contributed by atoms with Crippen molar-refractivity contribution in [1.82, 2.24) is 0 Å². The van der Waals surface area contributed by atoms with Crippen LogP contribution in [-0.2, 0) is 4.74 Å². The summed E-state index contributed by atoms with van der Waals surface area (Å²) in [4.78, 5) is 11.5. The zero-order chi connectivity index (χ0) is 13.4. The van der Waals surface area contributed by atoms with Crippen molar-refractivity contribution in [1.29, 1.82) is 0 Å². The Morgan fingerprint density at radius 2 is 2.05 bits per heavy atom. The van der Waals surface area contributed by atoms with Crippen LogP contribution in [0.15, 0.2) is 36.4 Å². The summed E-state index contributed by atoms with van der Waals surface area (Å²) in [5, 5.41) is 3.32. The molecule has 0 radical (unpaired) electrons. The summed E-state index contributed by atoms with van der Waals surface area (Å²) in [6.45, 7) is 2.02. The molecule has 0 amide bonds. The van der Waals surface area contributed by atoms with Crippen molar-refractivity contribution >= 4 is 17.3 Å². The van der Waals surface area contributed by atoms with Crippen LogP contribution in [0, 0.1) is 6.92 Å². The Balaban J connectivity index is 2.03. The Hall–Kier alpha value is -2.49. The average molecular weight is 255 g/mol. The predicted molar refractivity (Wildman–Crippen MR) is 72.3 cm³/mol. The van der Waals surface area contributed by atoms with Crippen molar-refractivity contribution < 1.29 is 14.3 Å². The van der Waals surface area contributed by atoms with E-state index in [2.05, 4.69) is 5.32 Å². The number of aryl methyl sites for hydroxylation is 1. The van der Waals surface area contributed by atoms with E-state index in [0.717, 1.165) is 22.7 Å². The summed E-state index contributed by atoms with van der Waals surface area (Å²) in [6.07, 6.45) is 0. The molecule has 19 heavy (non-hydrogen) atoms. The van der Waals surface area contributed by atoms with Crippen molar-refractivity contribution in [2.24, 2.45) is 0 Å². The molecular weight excluding hydrogens is 242 g/mol. The van der Waals surface area contributed by atoms with Gasteiger partial charge in [0.1, 0.15) is 0 Å². The van der Waals surface area contributed by atoms with E-state index in [1.165, 1.54) is 7.11 Å². The lowest BCUT2D eigenvalue weighted by atomic mass is 10.1.